The lowest BCUT2D eigenvalue weighted by molar-refractivity contribution is 0.0987. The maximum absolute atomic E-state index is 11.9. The lowest BCUT2D eigenvalue weighted by Crippen LogP contribution is -2.06. The van der Waals surface area contributed by atoms with E-state index in [1.54, 1.807) is 18.3 Å². The summed E-state index contributed by atoms with van der Waals surface area (Å²) in [5.41, 5.74) is 2.46. The lowest BCUT2D eigenvalue weighted by atomic mass is 10.1. The molecule has 0 saturated heterocycles. The molecule has 0 radical (unpaired) electrons. The summed E-state index contributed by atoms with van der Waals surface area (Å²) in [5.74, 6) is 0.00217. The Morgan fingerprint density at radius 3 is 2.65 bits per heavy atom. The summed E-state index contributed by atoms with van der Waals surface area (Å²) in [6, 6.07) is 9.25. The van der Waals surface area contributed by atoms with Crippen LogP contribution in [0.1, 0.15) is 28.7 Å². The second kappa shape index (κ2) is 5.34. The fraction of sp³-hybridized carbons (Fsp3) is 0.214. The van der Waals surface area contributed by atoms with Crippen LogP contribution >= 0.6 is 0 Å². The average molecular weight is 226 g/mol. The van der Waals surface area contributed by atoms with Crippen LogP contribution in [0.3, 0.4) is 0 Å². The molecule has 0 bridgehead atoms. The summed E-state index contributed by atoms with van der Waals surface area (Å²) in [5, 5.41) is 0. The molecule has 0 aromatic carbocycles. The monoisotopic (exact) mass is 226 g/mol. The van der Waals surface area contributed by atoms with Crippen molar-refractivity contribution in [3.63, 3.8) is 0 Å². The third kappa shape index (κ3) is 2.97. The first kappa shape index (κ1) is 11.5. The summed E-state index contributed by atoms with van der Waals surface area (Å²) in [4.78, 5) is 20.2. The van der Waals surface area contributed by atoms with E-state index in [1.807, 2.05) is 24.4 Å². The summed E-state index contributed by atoms with van der Waals surface area (Å²) < 4.78 is 0. The molecule has 0 aliphatic rings. The molecular formula is C14H14N2O. The van der Waals surface area contributed by atoms with Crippen LogP contribution in [-0.4, -0.2) is 15.8 Å². The molecule has 0 atom stereocenters. The number of carbonyl (C=O) groups excluding carboxylic acids is 1. The quantitative estimate of drug-likeness (QED) is 0.752. The van der Waals surface area contributed by atoms with Crippen molar-refractivity contribution >= 4 is 5.78 Å². The molecule has 0 amide bonds. The molecule has 3 heteroatoms. The highest BCUT2D eigenvalue weighted by atomic mass is 16.1. The second-order valence-corrected chi connectivity index (χ2v) is 3.83. The number of hydrogen-bond donors (Lipinski definition) is 0. The molecular weight excluding hydrogens is 212 g/mol. The zero-order valence-electron chi connectivity index (χ0n) is 9.76. The van der Waals surface area contributed by atoms with E-state index in [4.69, 9.17) is 0 Å². The van der Waals surface area contributed by atoms with Gasteiger partial charge in [-0.2, -0.15) is 0 Å². The van der Waals surface area contributed by atoms with Crippen molar-refractivity contribution < 1.29 is 4.79 Å². The number of carbonyl (C=O) groups is 1. The molecule has 0 fully saturated rings. The van der Waals surface area contributed by atoms with E-state index >= 15 is 0 Å². The number of aryl methyl sites for hydroxylation is 1. The minimum Gasteiger partial charge on any atom is -0.292 e. The lowest BCUT2D eigenvalue weighted by Gasteiger charge is -2.01. The van der Waals surface area contributed by atoms with Gasteiger partial charge in [-0.1, -0.05) is 19.1 Å². The van der Waals surface area contributed by atoms with Gasteiger partial charge in [0.05, 0.1) is 6.42 Å². The first-order valence-electron chi connectivity index (χ1n) is 5.67. The summed E-state index contributed by atoms with van der Waals surface area (Å²) in [7, 11) is 0. The van der Waals surface area contributed by atoms with Crippen molar-refractivity contribution in [3.05, 3.63) is 59.7 Å². The number of hydrogen-bond acceptors (Lipinski definition) is 3. The predicted octanol–water partition coefficient (Wildman–Crippen LogP) is 2.46. The van der Waals surface area contributed by atoms with Crippen LogP contribution in [0.2, 0.25) is 0 Å². The van der Waals surface area contributed by atoms with E-state index in [2.05, 4.69) is 16.9 Å². The minimum absolute atomic E-state index is 0.00217. The summed E-state index contributed by atoms with van der Waals surface area (Å²) in [6.45, 7) is 2.08. The SMILES string of the molecule is CCc1ccc(CC(=O)c2ccccn2)nc1. The van der Waals surface area contributed by atoms with E-state index in [9.17, 15) is 4.79 Å². The van der Waals surface area contributed by atoms with Crippen LogP contribution in [0.5, 0.6) is 0 Å². The molecule has 0 unspecified atom stereocenters. The van der Waals surface area contributed by atoms with Gasteiger partial charge in [-0.25, -0.2) is 0 Å². The maximum Gasteiger partial charge on any atom is 0.187 e. The fourth-order valence-corrected chi connectivity index (χ4v) is 1.55. The third-order valence-electron chi connectivity index (χ3n) is 2.59. The third-order valence-corrected chi connectivity index (χ3v) is 2.59. The van der Waals surface area contributed by atoms with Gasteiger partial charge in [-0.15, -0.1) is 0 Å². The molecule has 17 heavy (non-hydrogen) atoms. The Hall–Kier alpha value is -2.03. The predicted molar refractivity (Wildman–Crippen MR) is 65.9 cm³/mol. The Morgan fingerprint density at radius 1 is 1.18 bits per heavy atom. The van der Waals surface area contributed by atoms with Crippen LogP contribution in [0.15, 0.2) is 42.7 Å². The zero-order chi connectivity index (χ0) is 12.1. The topological polar surface area (TPSA) is 42.9 Å². The Labute approximate surface area is 101 Å². The summed E-state index contributed by atoms with van der Waals surface area (Å²) in [6.07, 6.45) is 4.71. The molecule has 0 N–H and O–H groups in total. The molecule has 3 nitrogen and oxygen atoms in total. The van der Waals surface area contributed by atoms with E-state index < -0.39 is 0 Å². The molecule has 86 valence electrons. The highest BCUT2D eigenvalue weighted by molar-refractivity contribution is 5.95. The Balaban J connectivity index is 2.08. The van der Waals surface area contributed by atoms with E-state index in [0.29, 0.717) is 12.1 Å². The van der Waals surface area contributed by atoms with Gasteiger partial charge in [0.25, 0.3) is 0 Å². The molecule has 0 aliphatic heterocycles. The average Bonchev–Trinajstić information content (AvgIpc) is 2.40. The normalized spacial score (nSPS) is 10.2. The first-order valence-corrected chi connectivity index (χ1v) is 5.67. The number of aromatic nitrogens is 2. The van der Waals surface area contributed by atoms with Crippen LogP contribution in [0.4, 0.5) is 0 Å². The van der Waals surface area contributed by atoms with Gasteiger partial charge in [-0.3, -0.25) is 14.8 Å². The Morgan fingerprint density at radius 2 is 2.06 bits per heavy atom. The van der Waals surface area contributed by atoms with Gasteiger partial charge in [0.2, 0.25) is 0 Å². The van der Waals surface area contributed by atoms with Crippen molar-refractivity contribution in [1.29, 1.82) is 0 Å². The van der Waals surface area contributed by atoms with Crippen molar-refractivity contribution in [1.82, 2.24) is 9.97 Å². The zero-order valence-corrected chi connectivity index (χ0v) is 9.76. The Bertz CT molecular complexity index is 491. The van der Waals surface area contributed by atoms with Gasteiger partial charge >= 0.3 is 0 Å². The van der Waals surface area contributed by atoms with Gasteiger partial charge in [0, 0.05) is 18.1 Å². The van der Waals surface area contributed by atoms with Gasteiger partial charge < -0.3 is 0 Å². The van der Waals surface area contributed by atoms with E-state index in [1.165, 1.54) is 5.56 Å². The molecule has 0 spiro atoms. The largest absolute Gasteiger partial charge is 0.292 e. The van der Waals surface area contributed by atoms with Crippen molar-refractivity contribution in [2.24, 2.45) is 0 Å². The van der Waals surface area contributed by atoms with Gasteiger partial charge in [0.1, 0.15) is 5.69 Å². The van der Waals surface area contributed by atoms with Crippen molar-refractivity contribution in [2.45, 2.75) is 19.8 Å². The number of pyridine rings is 2. The molecule has 0 saturated carbocycles. The molecule has 0 aliphatic carbocycles. The van der Waals surface area contributed by atoms with Gasteiger partial charge in [0.15, 0.2) is 5.78 Å². The number of rotatable bonds is 4. The molecule has 2 aromatic heterocycles. The Kier molecular flexibility index (Phi) is 3.60. The van der Waals surface area contributed by atoms with Crippen molar-refractivity contribution in [3.8, 4) is 0 Å². The summed E-state index contributed by atoms with van der Waals surface area (Å²) >= 11 is 0. The molecule has 2 rings (SSSR count). The first-order chi connectivity index (χ1) is 8.29. The highest BCUT2D eigenvalue weighted by Crippen LogP contribution is 2.05. The maximum atomic E-state index is 11.9. The van der Waals surface area contributed by atoms with E-state index in [0.717, 1.165) is 12.1 Å². The molecule has 2 heterocycles. The van der Waals surface area contributed by atoms with Crippen LogP contribution < -0.4 is 0 Å². The van der Waals surface area contributed by atoms with Crippen LogP contribution in [-0.2, 0) is 12.8 Å². The minimum atomic E-state index is 0.00217. The fourth-order valence-electron chi connectivity index (χ4n) is 1.55. The number of ketones is 1. The number of nitrogens with zero attached hydrogens (tertiary/aromatic N) is 2. The highest BCUT2D eigenvalue weighted by Gasteiger charge is 2.08. The second-order valence-electron chi connectivity index (χ2n) is 3.83. The molecule has 2 aromatic rings. The van der Waals surface area contributed by atoms with Crippen LogP contribution in [0.25, 0.3) is 0 Å². The van der Waals surface area contributed by atoms with Crippen molar-refractivity contribution in [2.75, 3.05) is 0 Å². The van der Waals surface area contributed by atoms with E-state index in [-0.39, 0.29) is 5.78 Å². The standard InChI is InChI=1S/C14H14N2O/c1-2-11-6-7-12(16-10-11)9-14(17)13-5-3-4-8-15-13/h3-8,10H,2,9H2,1H3. The van der Waals surface area contributed by atoms with Gasteiger partial charge in [-0.05, 0) is 30.2 Å². The van der Waals surface area contributed by atoms with Crippen LogP contribution in [0, 0.1) is 0 Å². The smallest absolute Gasteiger partial charge is 0.187 e. The number of Topliss-reactive ketones (excluding diaryl/α,β-unsaturated/α-hetero) is 1.